The molecule has 0 aliphatic heterocycles. The summed E-state index contributed by atoms with van der Waals surface area (Å²) in [5, 5.41) is 5.83. The van der Waals surface area contributed by atoms with Crippen LogP contribution < -0.4 is 15.4 Å². The van der Waals surface area contributed by atoms with Gasteiger partial charge in [0.15, 0.2) is 0 Å². The molecule has 0 radical (unpaired) electrons. The van der Waals surface area contributed by atoms with Crippen molar-refractivity contribution in [3.8, 4) is 0 Å². The van der Waals surface area contributed by atoms with Crippen LogP contribution in [0.3, 0.4) is 0 Å². The maximum Gasteiger partial charge on any atom is 0.250 e. The van der Waals surface area contributed by atoms with E-state index in [4.69, 9.17) is 0 Å². The van der Waals surface area contributed by atoms with Gasteiger partial charge in [-0.25, -0.2) is 13.1 Å². The van der Waals surface area contributed by atoms with E-state index in [1.165, 1.54) is 11.3 Å². The summed E-state index contributed by atoms with van der Waals surface area (Å²) in [6, 6.07) is 3.43. The maximum absolute atomic E-state index is 12.1. The molecule has 0 saturated heterocycles. The van der Waals surface area contributed by atoms with E-state index in [0.29, 0.717) is 36.1 Å². The van der Waals surface area contributed by atoms with Crippen molar-refractivity contribution in [2.24, 2.45) is 5.92 Å². The largest absolute Gasteiger partial charge is 0.356 e. The molecule has 0 spiro atoms. The van der Waals surface area contributed by atoms with Gasteiger partial charge in [0.05, 0.1) is 0 Å². The standard InChI is InChI=1S/C15H27N3O3S2.ClH/c1-12(2)11-14(19)17-10-7-13-5-6-15(22-13)23(20,21)18-9-4-8-16-3;/h5-6,12,16,18H,4,7-11H2,1-3H3,(H,17,19);1H. The second-order valence-corrected chi connectivity index (χ2v) is 8.94. The summed E-state index contributed by atoms with van der Waals surface area (Å²) in [5.41, 5.74) is 0. The van der Waals surface area contributed by atoms with Crippen molar-refractivity contribution < 1.29 is 13.2 Å². The van der Waals surface area contributed by atoms with Crippen LogP contribution in [0.5, 0.6) is 0 Å². The van der Waals surface area contributed by atoms with E-state index in [9.17, 15) is 13.2 Å². The zero-order valence-corrected chi connectivity index (χ0v) is 16.9. The van der Waals surface area contributed by atoms with Crippen LogP contribution in [0, 0.1) is 5.92 Å². The first-order chi connectivity index (χ1) is 10.8. The first-order valence-corrected chi connectivity index (χ1v) is 10.1. The number of nitrogens with one attached hydrogen (secondary N) is 3. The lowest BCUT2D eigenvalue weighted by Crippen LogP contribution is -2.26. The average Bonchev–Trinajstić information content (AvgIpc) is 2.92. The Balaban J connectivity index is 0.00000529. The molecule has 0 aliphatic carbocycles. The van der Waals surface area contributed by atoms with Gasteiger partial charge in [0.1, 0.15) is 4.21 Å². The van der Waals surface area contributed by atoms with Gasteiger partial charge >= 0.3 is 0 Å². The molecule has 1 rings (SSSR count). The molecule has 0 atom stereocenters. The topological polar surface area (TPSA) is 87.3 Å². The normalized spacial score (nSPS) is 11.3. The molecule has 1 heterocycles. The van der Waals surface area contributed by atoms with Gasteiger partial charge in [-0.2, -0.15) is 0 Å². The van der Waals surface area contributed by atoms with E-state index in [1.54, 1.807) is 12.1 Å². The molecule has 24 heavy (non-hydrogen) atoms. The van der Waals surface area contributed by atoms with Crippen molar-refractivity contribution in [3.63, 3.8) is 0 Å². The molecule has 0 fully saturated rings. The van der Waals surface area contributed by atoms with Gasteiger partial charge in [-0.3, -0.25) is 4.79 Å². The Hall–Kier alpha value is -0.670. The molecule has 0 aliphatic rings. The number of carbonyl (C=O) groups excluding carboxylic acids is 1. The minimum absolute atomic E-state index is 0. The molecular formula is C15H28ClN3O3S2. The molecule has 0 bridgehead atoms. The third kappa shape index (κ3) is 8.98. The van der Waals surface area contributed by atoms with E-state index in [0.717, 1.165) is 17.8 Å². The second-order valence-electron chi connectivity index (χ2n) is 5.77. The quantitative estimate of drug-likeness (QED) is 0.496. The van der Waals surface area contributed by atoms with Crippen LogP contribution in [0.15, 0.2) is 16.3 Å². The van der Waals surface area contributed by atoms with E-state index in [2.05, 4.69) is 15.4 Å². The van der Waals surface area contributed by atoms with Gasteiger partial charge in [-0.1, -0.05) is 13.8 Å². The summed E-state index contributed by atoms with van der Waals surface area (Å²) in [6.07, 6.45) is 1.90. The number of hydrogen-bond donors (Lipinski definition) is 3. The molecule has 6 nitrogen and oxygen atoms in total. The molecule has 9 heteroatoms. The third-order valence-corrected chi connectivity index (χ3v) is 6.18. The minimum atomic E-state index is -3.42. The highest BCUT2D eigenvalue weighted by molar-refractivity contribution is 7.91. The lowest BCUT2D eigenvalue weighted by molar-refractivity contribution is -0.121. The summed E-state index contributed by atoms with van der Waals surface area (Å²) in [7, 11) is -1.59. The smallest absolute Gasteiger partial charge is 0.250 e. The van der Waals surface area contributed by atoms with Crippen molar-refractivity contribution in [2.45, 2.75) is 37.3 Å². The van der Waals surface area contributed by atoms with Crippen molar-refractivity contribution in [1.82, 2.24) is 15.4 Å². The highest BCUT2D eigenvalue weighted by Crippen LogP contribution is 2.21. The number of amides is 1. The van der Waals surface area contributed by atoms with Gasteiger partial charge in [0.25, 0.3) is 0 Å². The number of halogens is 1. The molecule has 0 saturated carbocycles. The Morgan fingerprint density at radius 1 is 1.21 bits per heavy atom. The summed E-state index contributed by atoms with van der Waals surface area (Å²) in [5.74, 6) is 0.373. The van der Waals surface area contributed by atoms with Crippen LogP contribution in [0.2, 0.25) is 0 Å². The lowest BCUT2D eigenvalue weighted by atomic mass is 10.1. The summed E-state index contributed by atoms with van der Waals surface area (Å²) < 4.78 is 27.2. The first kappa shape index (κ1) is 23.3. The number of carbonyl (C=O) groups is 1. The van der Waals surface area contributed by atoms with Gasteiger partial charge in [-0.05, 0) is 44.5 Å². The molecule has 1 aromatic heterocycles. The van der Waals surface area contributed by atoms with E-state index >= 15 is 0 Å². The molecule has 1 amide bonds. The summed E-state index contributed by atoms with van der Waals surface area (Å²) in [4.78, 5) is 12.5. The van der Waals surface area contributed by atoms with Gasteiger partial charge in [0, 0.05) is 24.4 Å². The van der Waals surface area contributed by atoms with Crippen LogP contribution >= 0.6 is 23.7 Å². The summed E-state index contributed by atoms with van der Waals surface area (Å²) in [6.45, 7) is 5.72. The zero-order valence-electron chi connectivity index (χ0n) is 14.4. The number of hydrogen-bond acceptors (Lipinski definition) is 5. The van der Waals surface area contributed by atoms with E-state index < -0.39 is 10.0 Å². The van der Waals surface area contributed by atoms with Crippen molar-refractivity contribution in [3.05, 3.63) is 17.0 Å². The Kier molecular flexibility index (Phi) is 11.5. The van der Waals surface area contributed by atoms with Crippen LogP contribution in [0.4, 0.5) is 0 Å². The molecule has 140 valence electrons. The molecule has 0 aromatic carbocycles. The van der Waals surface area contributed by atoms with Crippen molar-refractivity contribution in [1.29, 1.82) is 0 Å². The lowest BCUT2D eigenvalue weighted by Gasteiger charge is -2.06. The third-order valence-electron chi connectivity index (χ3n) is 3.08. The monoisotopic (exact) mass is 397 g/mol. The number of sulfonamides is 1. The second kappa shape index (κ2) is 11.8. The first-order valence-electron chi connectivity index (χ1n) is 7.85. The Bertz CT molecular complexity index is 589. The SMILES string of the molecule is CNCCCNS(=O)(=O)c1ccc(CCNC(=O)CC(C)C)s1.Cl. The van der Waals surface area contributed by atoms with E-state index in [1.807, 2.05) is 20.9 Å². The highest BCUT2D eigenvalue weighted by Gasteiger charge is 2.16. The number of thiophene rings is 1. The fraction of sp³-hybridized carbons (Fsp3) is 0.667. The highest BCUT2D eigenvalue weighted by atomic mass is 35.5. The predicted molar refractivity (Wildman–Crippen MR) is 101 cm³/mol. The molecule has 0 unspecified atom stereocenters. The van der Waals surface area contributed by atoms with Gasteiger partial charge < -0.3 is 10.6 Å². The van der Waals surface area contributed by atoms with Gasteiger partial charge in [-0.15, -0.1) is 23.7 Å². The van der Waals surface area contributed by atoms with Crippen LogP contribution in [0.1, 0.15) is 31.6 Å². The fourth-order valence-corrected chi connectivity index (χ4v) is 4.42. The van der Waals surface area contributed by atoms with Crippen LogP contribution in [-0.4, -0.2) is 41.0 Å². The molecule has 1 aromatic rings. The maximum atomic E-state index is 12.1. The fourth-order valence-electron chi connectivity index (χ4n) is 1.95. The Morgan fingerprint density at radius 2 is 1.92 bits per heavy atom. The van der Waals surface area contributed by atoms with Crippen molar-refractivity contribution in [2.75, 3.05) is 26.7 Å². The average molecular weight is 398 g/mol. The molecule has 3 N–H and O–H groups in total. The number of rotatable bonds is 11. The Morgan fingerprint density at radius 3 is 2.54 bits per heavy atom. The van der Waals surface area contributed by atoms with Crippen LogP contribution in [-0.2, 0) is 21.2 Å². The van der Waals surface area contributed by atoms with Gasteiger partial charge in [0.2, 0.25) is 15.9 Å². The Labute approximate surface area is 155 Å². The zero-order chi connectivity index (χ0) is 17.3. The van der Waals surface area contributed by atoms with Crippen LogP contribution in [0.25, 0.3) is 0 Å². The van der Waals surface area contributed by atoms with E-state index in [-0.39, 0.29) is 18.3 Å². The predicted octanol–water partition coefficient (Wildman–Crippen LogP) is 1.76. The van der Waals surface area contributed by atoms with Crippen molar-refractivity contribution >= 4 is 39.7 Å². The minimum Gasteiger partial charge on any atom is -0.356 e. The molecular weight excluding hydrogens is 370 g/mol. The summed E-state index contributed by atoms with van der Waals surface area (Å²) >= 11 is 1.25.